The summed E-state index contributed by atoms with van der Waals surface area (Å²) in [6.07, 6.45) is -5.91. The first kappa shape index (κ1) is 33.3. The molecule has 1 aliphatic heterocycles. The lowest BCUT2D eigenvalue weighted by Crippen LogP contribution is -2.45. The zero-order valence-corrected chi connectivity index (χ0v) is 25.8. The molecule has 1 aliphatic carbocycles. The molecule has 250 valence electrons. The van der Waals surface area contributed by atoms with Crippen molar-refractivity contribution in [1.82, 2.24) is 29.7 Å². The summed E-state index contributed by atoms with van der Waals surface area (Å²) in [5.41, 5.74) is 1.48. The smallest absolute Gasteiger partial charge is 0.451 e. The Balaban J connectivity index is 1.56. The van der Waals surface area contributed by atoms with Crippen LogP contribution in [0, 0.1) is 0 Å². The molecule has 46 heavy (non-hydrogen) atoms. The third kappa shape index (κ3) is 7.18. The molecule has 0 radical (unpaired) electrons. The van der Waals surface area contributed by atoms with Gasteiger partial charge in [0.05, 0.1) is 31.1 Å². The van der Waals surface area contributed by atoms with E-state index < -0.39 is 48.4 Å². The predicted molar refractivity (Wildman–Crippen MR) is 162 cm³/mol. The van der Waals surface area contributed by atoms with E-state index in [-0.39, 0.29) is 36.7 Å². The van der Waals surface area contributed by atoms with Gasteiger partial charge in [0.15, 0.2) is 23.1 Å². The molecule has 2 fully saturated rings. The molecule has 3 heterocycles. The molecule has 5 rings (SSSR count). The highest BCUT2D eigenvalue weighted by Crippen LogP contribution is 2.38. The molecule has 0 spiro atoms. The molecule has 16 heteroatoms. The van der Waals surface area contributed by atoms with Gasteiger partial charge in [-0.2, -0.15) is 23.1 Å². The minimum absolute atomic E-state index is 0.0596. The van der Waals surface area contributed by atoms with Crippen LogP contribution >= 0.6 is 0 Å². The van der Waals surface area contributed by atoms with Gasteiger partial charge in [0.25, 0.3) is 0 Å². The molecule has 1 aromatic carbocycles. The molecule has 1 amide bonds. The van der Waals surface area contributed by atoms with Crippen molar-refractivity contribution < 1.29 is 37.7 Å². The monoisotopic (exact) mass is 648 g/mol. The fourth-order valence-electron chi connectivity index (χ4n) is 6.04. The topological polar surface area (TPSA) is 158 Å². The molecule has 4 N–H and O–H groups in total. The van der Waals surface area contributed by atoms with Crippen molar-refractivity contribution >= 4 is 34.8 Å². The number of halogens is 3. The highest BCUT2D eigenvalue weighted by molar-refractivity contribution is 5.85. The van der Waals surface area contributed by atoms with Crippen LogP contribution in [0.5, 0.6) is 0 Å². The lowest BCUT2D eigenvalue weighted by atomic mass is 10.1. The number of esters is 1. The van der Waals surface area contributed by atoms with Gasteiger partial charge in [-0.1, -0.05) is 37.3 Å². The van der Waals surface area contributed by atoms with Crippen molar-refractivity contribution in [3.05, 3.63) is 42.2 Å². The maximum Gasteiger partial charge on any atom is 0.490 e. The van der Waals surface area contributed by atoms with Crippen molar-refractivity contribution in [3.8, 4) is 0 Å². The number of benzene rings is 1. The van der Waals surface area contributed by atoms with Crippen LogP contribution in [0.1, 0.15) is 37.8 Å². The van der Waals surface area contributed by atoms with Crippen LogP contribution in [0.2, 0.25) is 0 Å². The quantitative estimate of drug-likeness (QED) is 0.224. The first-order valence-corrected chi connectivity index (χ1v) is 15.2. The second-order valence-electron chi connectivity index (χ2n) is 12.0. The van der Waals surface area contributed by atoms with Crippen LogP contribution in [0.15, 0.2) is 36.7 Å². The highest BCUT2D eigenvalue weighted by Gasteiger charge is 2.51. The van der Waals surface area contributed by atoms with Crippen molar-refractivity contribution in [1.29, 1.82) is 0 Å². The summed E-state index contributed by atoms with van der Waals surface area (Å²) in [6.45, 7) is 2.64. The summed E-state index contributed by atoms with van der Waals surface area (Å²) >= 11 is 0. The molecular formula is C30H39F3N8O5. The van der Waals surface area contributed by atoms with Gasteiger partial charge in [-0.15, -0.1) is 0 Å². The first-order valence-electron chi connectivity index (χ1n) is 15.2. The zero-order valence-electron chi connectivity index (χ0n) is 25.8. The van der Waals surface area contributed by atoms with Gasteiger partial charge < -0.3 is 40.0 Å². The normalized spacial score (nSPS) is 24.0. The summed E-state index contributed by atoms with van der Waals surface area (Å²) in [7, 11) is 3.97. The zero-order chi connectivity index (χ0) is 33.2. The molecule has 2 aromatic heterocycles. The Bertz CT molecular complexity index is 1520. The summed E-state index contributed by atoms with van der Waals surface area (Å²) in [4.78, 5) is 42.3. The number of carbonyl (C=O) groups is 2. The van der Waals surface area contributed by atoms with Crippen LogP contribution in [0.4, 0.5) is 24.9 Å². The summed E-state index contributed by atoms with van der Waals surface area (Å²) in [5, 5.41) is 27.2. The number of rotatable bonds is 11. The lowest BCUT2D eigenvalue weighted by molar-refractivity contribution is -0.209. The minimum Gasteiger partial charge on any atom is -0.451 e. The third-order valence-corrected chi connectivity index (χ3v) is 8.60. The maximum absolute atomic E-state index is 13.3. The summed E-state index contributed by atoms with van der Waals surface area (Å²) in [6, 6.07) is 7.29. The average Bonchev–Trinajstić information content (AvgIpc) is 3.75. The van der Waals surface area contributed by atoms with Gasteiger partial charge in [-0.3, -0.25) is 4.79 Å². The fourth-order valence-corrected chi connectivity index (χ4v) is 6.04. The number of aromatic nitrogens is 4. The average molecular weight is 649 g/mol. The minimum atomic E-state index is -5.30. The van der Waals surface area contributed by atoms with Crippen LogP contribution < -0.4 is 15.5 Å². The van der Waals surface area contributed by atoms with Gasteiger partial charge >= 0.3 is 12.1 Å². The predicted octanol–water partition coefficient (Wildman–Crippen LogP) is 1.66. The molecule has 2 aliphatic rings. The summed E-state index contributed by atoms with van der Waals surface area (Å²) < 4.78 is 46.2. The van der Waals surface area contributed by atoms with Crippen molar-refractivity contribution in [2.75, 3.05) is 44.0 Å². The Morgan fingerprint density at radius 1 is 1.20 bits per heavy atom. The standard InChI is InChI=1S/C30H39F3N8O5/c1-4-22(43)36-20-13-21(25(24(20)44)46-28(45)30(31,32)33)41-16-34-23-26(35-18(15-42)12-17-8-6-5-7-9-17)37-29(38-27(23)41)40-11-10-19(14-40)39(2)3/h5-9,16,18-21,24-25,42,44H,4,10-15H2,1-3H3,(H,36,43)(H,35,37,38)/t18-,19+,20-,21+,24+,25-/m0/s1. The molecule has 1 saturated carbocycles. The lowest BCUT2D eigenvalue weighted by Gasteiger charge is -2.25. The molecule has 3 aromatic rings. The van der Waals surface area contributed by atoms with E-state index in [9.17, 15) is 33.0 Å². The van der Waals surface area contributed by atoms with Gasteiger partial charge in [-0.25, -0.2) is 9.78 Å². The molecule has 1 saturated heterocycles. The van der Waals surface area contributed by atoms with E-state index in [1.165, 1.54) is 10.9 Å². The third-order valence-electron chi connectivity index (χ3n) is 8.60. The number of nitrogens with one attached hydrogen (secondary N) is 2. The fraction of sp³-hybridized carbons (Fsp3) is 0.567. The number of amides is 1. The molecule has 6 atom stereocenters. The number of aliphatic hydroxyl groups is 2. The number of ether oxygens (including phenoxy) is 1. The second-order valence-corrected chi connectivity index (χ2v) is 12.0. The number of anilines is 2. The molecule has 13 nitrogen and oxygen atoms in total. The largest absolute Gasteiger partial charge is 0.490 e. The number of nitrogens with zero attached hydrogens (tertiary/aromatic N) is 6. The number of imidazole rings is 1. The SMILES string of the molecule is CCC(=O)N[C@H]1C[C@@H](n2cnc3c(N[C@H](CO)Cc4ccccc4)nc(N4CC[C@@H](N(C)C)C4)nc32)[C@H](OC(=O)C(F)(F)F)[C@@H]1O. The van der Waals surface area contributed by atoms with Gasteiger partial charge in [0.2, 0.25) is 11.9 Å². The van der Waals surface area contributed by atoms with Crippen LogP contribution in [-0.4, -0.2) is 117 Å². The Kier molecular flexibility index (Phi) is 9.98. The molecular weight excluding hydrogens is 609 g/mol. The van der Waals surface area contributed by atoms with Gasteiger partial charge in [0.1, 0.15) is 6.10 Å². The maximum atomic E-state index is 13.3. The van der Waals surface area contributed by atoms with E-state index in [1.807, 2.05) is 49.3 Å². The van der Waals surface area contributed by atoms with Crippen molar-refractivity contribution in [2.45, 2.75) is 75.2 Å². The molecule has 0 unspecified atom stereocenters. The number of carbonyl (C=O) groups excluding carboxylic acids is 2. The van der Waals surface area contributed by atoms with E-state index in [0.29, 0.717) is 31.3 Å². The number of likely N-dealkylation sites (N-methyl/N-ethyl adjacent to an activating group) is 1. The van der Waals surface area contributed by atoms with Crippen LogP contribution in [-0.2, 0) is 20.7 Å². The van der Waals surface area contributed by atoms with Crippen LogP contribution in [0.25, 0.3) is 11.2 Å². The highest BCUT2D eigenvalue weighted by atomic mass is 19.4. The van der Waals surface area contributed by atoms with E-state index >= 15 is 0 Å². The van der Waals surface area contributed by atoms with E-state index in [0.717, 1.165) is 12.0 Å². The van der Waals surface area contributed by atoms with Crippen LogP contribution in [0.3, 0.4) is 0 Å². The Morgan fingerprint density at radius 3 is 2.57 bits per heavy atom. The van der Waals surface area contributed by atoms with E-state index in [1.54, 1.807) is 6.92 Å². The summed E-state index contributed by atoms with van der Waals surface area (Å²) in [5.74, 6) is -2.23. The number of aliphatic hydroxyl groups excluding tert-OH is 2. The molecule has 0 bridgehead atoms. The first-order chi connectivity index (χ1) is 21.9. The van der Waals surface area contributed by atoms with Gasteiger partial charge in [-0.05, 0) is 38.9 Å². The van der Waals surface area contributed by atoms with Crippen molar-refractivity contribution in [3.63, 3.8) is 0 Å². The number of fused-ring (bicyclic) bond motifs is 1. The number of hydrogen-bond acceptors (Lipinski definition) is 11. The van der Waals surface area contributed by atoms with E-state index in [4.69, 9.17) is 14.7 Å². The van der Waals surface area contributed by atoms with E-state index in [2.05, 4.69) is 20.5 Å². The number of hydrogen-bond donors (Lipinski definition) is 4. The second kappa shape index (κ2) is 13.8. The Morgan fingerprint density at radius 2 is 1.93 bits per heavy atom. The van der Waals surface area contributed by atoms with Crippen molar-refractivity contribution in [2.24, 2.45) is 0 Å². The Hall–Kier alpha value is -4.02. The number of alkyl halides is 3. The van der Waals surface area contributed by atoms with Gasteiger partial charge in [0, 0.05) is 25.6 Å². The Labute approximate surface area is 263 Å².